The minimum atomic E-state index is -1.08. The molecular weight excluding hydrogens is 162 g/mol. The summed E-state index contributed by atoms with van der Waals surface area (Å²) in [5.41, 5.74) is 4.67. The Morgan fingerprint density at radius 2 is 2.25 bits per heavy atom. The predicted molar refractivity (Wildman–Crippen MR) is 37.7 cm³/mol. The largest absolute Gasteiger partial charge is 0.361 e. The van der Waals surface area contributed by atoms with E-state index in [0.29, 0.717) is 0 Å². The third-order valence-corrected chi connectivity index (χ3v) is 0.969. The molecule has 0 saturated heterocycles. The first kappa shape index (κ1) is 8.05. The van der Waals surface area contributed by atoms with Gasteiger partial charge in [0, 0.05) is 6.07 Å². The number of carbonyl (C=O) groups excluding carboxylic acids is 2. The van der Waals surface area contributed by atoms with Crippen molar-refractivity contribution in [1.29, 1.82) is 0 Å². The highest BCUT2D eigenvalue weighted by Gasteiger charge is 2.08. The van der Waals surface area contributed by atoms with Crippen molar-refractivity contribution in [2.24, 2.45) is 5.73 Å². The van der Waals surface area contributed by atoms with Crippen LogP contribution in [0.1, 0.15) is 0 Å². The Morgan fingerprint density at radius 1 is 1.50 bits per heavy atom. The van der Waals surface area contributed by atoms with Gasteiger partial charge in [0.25, 0.3) is 0 Å². The van der Waals surface area contributed by atoms with Crippen LogP contribution in [-0.4, -0.2) is 27.2 Å². The van der Waals surface area contributed by atoms with Crippen molar-refractivity contribution in [1.82, 2.24) is 15.4 Å². The van der Waals surface area contributed by atoms with Gasteiger partial charge in [-0.3, -0.25) is 9.59 Å². The topological polar surface area (TPSA) is 111 Å². The molecule has 0 unspecified atom stereocenters. The van der Waals surface area contributed by atoms with Gasteiger partial charge in [-0.2, -0.15) is 0 Å². The van der Waals surface area contributed by atoms with Gasteiger partial charge in [0.2, 0.25) is 0 Å². The molecule has 62 valence electrons. The van der Waals surface area contributed by atoms with Crippen molar-refractivity contribution in [3.63, 3.8) is 0 Å². The molecule has 1 aromatic rings. The van der Waals surface area contributed by atoms with Crippen molar-refractivity contribution in [2.45, 2.75) is 0 Å². The van der Waals surface area contributed by atoms with E-state index in [-0.39, 0.29) is 5.82 Å². The second-order valence-electron chi connectivity index (χ2n) is 1.82. The van der Waals surface area contributed by atoms with Crippen molar-refractivity contribution < 1.29 is 9.59 Å². The van der Waals surface area contributed by atoms with Crippen LogP contribution >= 0.6 is 0 Å². The number of primary amides is 1. The fourth-order valence-electron chi connectivity index (χ4n) is 0.486. The van der Waals surface area contributed by atoms with Gasteiger partial charge in [0.05, 0.1) is 6.20 Å². The Bertz CT molecular complexity index is 298. The maximum Gasteiger partial charge on any atom is 0.314 e. The lowest BCUT2D eigenvalue weighted by Crippen LogP contribution is -2.29. The van der Waals surface area contributed by atoms with E-state index in [1.807, 2.05) is 0 Å². The third kappa shape index (κ3) is 1.97. The first-order valence-corrected chi connectivity index (χ1v) is 2.95. The first-order chi connectivity index (χ1) is 5.70. The Hall–Kier alpha value is -2.05. The van der Waals surface area contributed by atoms with E-state index in [0.717, 1.165) is 0 Å². The smallest absolute Gasteiger partial charge is 0.314 e. The molecule has 0 aromatic carbocycles. The molecule has 3 N–H and O–H groups in total. The highest BCUT2D eigenvalue weighted by Crippen LogP contribution is 1.94. The number of amides is 2. The van der Waals surface area contributed by atoms with Gasteiger partial charge >= 0.3 is 11.8 Å². The lowest BCUT2D eigenvalue weighted by atomic mass is 10.5. The lowest BCUT2D eigenvalue weighted by molar-refractivity contribution is -0.134. The van der Waals surface area contributed by atoms with Crippen LogP contribution in [0.25, 0.3) is 0 Å². The second kappa shape index (κ2) is 3.37. The van der Waals surface area contributed by atoms with Crippen molar-refractivity contribution >= 4 is 17.6 Å². The molecule has 0 atom stereocenters. The quantitative estimate of drug-likeness (QED) is 0.484. The molecule has 1 rings (SSSR count). The number of carbonyl (C=O) groups is 2. The van der Waals surface area contributed by atoms with Gasteiger partial charge in [-0.05, 0) is 5.21 Å². The molecule has 7 heteroatoms. The van der Waals surface area contributed by atoms with Crippen LogP contribution < -0.4 is 11.1 Å². The van der Waals surface area contributed by atoms with Crippen LogP contribution in [0.4, 0.5) is 5.82 Å². The van der Waals surface area contributed by atoms with Gasteiger partial charge in [0.1, 0.15) is 0 Å². The lowest BCUT2D eigenvalue weighted by Gasteiger charge is -1.97. The average molecular weight is 167 g/mol. The minimum Gasteiger partial charge on any atom is -0.361 e. The van der Waals surface area contributed by atoms with Crippen molar-refractivity contribution in [3.05, 3.63) is 12.3 Å². The molecule has 0 aliphatic rings. The monoisotopic (exact) mass is 167 g/mol. The van der Waals surface area contributed by atoms with E-state index in [2.05, 4.69) is 26.5 Å². The highest BCUT2D eigenvalue weighted by molar-refractivity contribution is 6.38. The zero-order valence-electron chi connectivity index (χ0n) is 5.89. The molecule has 0 radical (unpaired) electrons. The maximum atomic E-state index is 10.6. The van der Waals surface area contributed by atoms with E-state index >= 15 is 0 Å². The molecule has 2 amide bonds. The van der Waals surface area contributed by atoms with Crippen LogP contribution in [0, 0.1) is 0 Å². The summed E-state index contributed by atoms with van der Waals surface area (Å²) >= 11 is 0. The van der Waals surface area contributed by atoms with E-state index in [1.165, 1.54) is 12.3 Å². The summed E-state index contributed by atoms with van der Waals surface area (Å²) < 4.78 is 0. The van der Waals surface area contributed by atoms with Crippen LogP contribution in [0.15, 0.2) is 12.3 Å². The van der Waals surface area contributed by atoms with Gasteiger partial charge in [-0.1, -0.05) is 0 Å². The number of anilines is 1. The summed E-state index contributed by atoms with van der Waals surface area (Å²) in [6.45, 7) is 0. The summed E-state index contributed by atoms with van der Waals surface area (Å²) in [6.07, 6.45) is 1.32. The van der Waals surface area contributed by atoms with E-state index in [1.54, 1.807) is 0 Å². The highest BCUT2D eigenvalue weighted by atomic mass is 16.2. The molecule has 0 aliphatic carbocycles. The summed E-state index contributed by atoms with van der Waals surface area (Å²) in [5.74, 6) is -1.88. The number of aromatic nitrogens is 3. The Labute approximate surface area is 67.0 Å². The molecule has 7 nitrogen and oxygen atoms in total. The third-order valence-electron chi connectivity index (χ3n) is 0.969. The fourth-order valence-corrected chi connectivity index (χ4v) is 0.486. The van der Waals surface area contributed by atoms with Crippen LogP contribution in [0.5, 0.6) is 0 Å². The Balaban J connectivity index is 2.65. The van der Waals surface area contributed by atoms with Crippen LogP contribution in [0.2, 0.25) is 0 Å². The summed E-state index contributed by atoms with van der Waals surface area (Å²) in [4.78, 5) is 20.9. The minimum absolute atomic E-state index is 0.133. The number of hydrogen-bond acceptors (Lipinski definition) is 5. The van der Waals surface area contributed by atoms with Crippen molar-refractivity contribution in [3.8, 4) is 0 Å². The number of nitrogens with one attached hydrogen (secondary N) is 1. The van der Waals surface area contributed by atoms with E-state index < -0.39 is 11.8 Å². The standard InChI is InChI=1S/C5H5N5O2/c6-4(11)5(12)8-3-1-2-7-10-9-3/h1-2H,(H2,6,11)(H,7,8,9,12). The zero-order chi connectivity index (χ0) is 8.97. The number of rotatable bonds is 1. The van der Waals surface area contributed by atoms with Crippen molar-refractivity contribution in [2.75, 3.05) is 5.32 Å². The number of nitrogens with two attached hydrogens (primary N) is 1. The van der Waals surface area contributed by atoms with Gasteiger partial charge in [0.15, 0.2) is 5.82 Å². The molecule has 0 aliphatic heterocycles. The average Bonchev–Trinajstić information content (AvgIpc) is 2.06. The SMILES string of the molecule is NC(=O)C(=O)Nc1ccnnn1. The molecule has 12 heavy (non-hydrogen) atoms. The summed E-state index contributed by atoms with van der Waals surface area (Å²) in [5, 5.41) is 12.1. The second-order valence-corrected chi connectivity index (χ2v) is 1.82. The van der Waals surface area contributed by atoms with E-state index in [9.17, 15) is 9.59 Å². The van der Waals surface area contributed by atoms with Crippen LogP contribution in [0.3, 0.4) is 0 Å². The Kier molecular flexibility index (Phi) is 2.26. The Morgan fingerprint density at radius 3 is 2.75 bits per heavy atom. The predicted octanol–water partition coefficient (Wildman–Crippen LogP) is -1.70. The molecule has 0 fully saturated rings. The molecule has 0 bridgehead atoms. The molecule has 0 saturated carbocycles. The zero-order valence-corrected chi connectivity index (χ0v) is 5.89. The number of hydrogen-bond donors (Lipinski definition) is 2. The maximum absolute atomic E-state index is 10.6. The van der Waals surface area contributed by atoms with Crippen LogP contribution in [-0.2, 0) is 9.59 Å². The van der Waals surface area contributed by atoms with Gasteiger partial charge < -0.3 is 11.1 Å². The number of nitrogens with zero attached hydrogens (tertiary/aromatic N) is 3. The first-order valence-electron chi connectivity index (χ1n) is 2.95. The fraction of sp³-hybridized carbons (Fsp3) is 0. The molecular formula is C5H5N5O2. The summed E-state index contributed by atoms with van der Waals surface area (Å²) in [6, 6.07) is 1.38. The molecule has 1 aromatic heterocycles. The molecule has 1 heterocycles. The normalized spacial score (nSPS) is 9.00. The molecule has 0 spiro atoms. The van der Waals surface area contributed by atoms with Gasteiger partial charge in [-0.25, -0.2) is 0 Å². The summed E-state index contributed by atoms with van der Waals surface area (Å²) in [7, 11) is 0. The van der Waals surface area contributed by atoms with E-state index in [4.69, 9.17) is 0 Å². The van der Waals surface area contributed by atoms with Gasteiger partial charge in [-0.15, -0.1) is 10.2 Å².